The van der Waals surface area contributed by atoms with E-state index in [9.17, 15) is 8.42 Å². The van der Waals surface area contributed by atoms with Gasteiger partial charge in [0.05, 0.1) is 12.6 Å². The second-order valence-electron chi connectivity index (χ2n) is 4.12. The summed E-state index contributed by atoms with van der Waals surface area (Å²) in [6, 6.07) is 0. The van der Waals surface area contributed by atoms with Crippen LogP contribution in [0.5, 0.6) is 0 Å². The Bertz CT molecular complexity index is 446. The first-order chi connectivity index (χ1) is 7.57. The summed E-state index contributed by atoms with van der Waals surface area (Å²) in [5, 5.41) is 0.127. The summed E-state index contributed by atoms with van der Waals surface area (Å²) in [7, 11) is -3.24. The number of hydrogen-bond donors (Lipinski definition) is 0. The maximum Gasteiger partial charge on any atom is 0.227 e. The molecule has 1 aliphatic rings. The molecule has 16 heavy (non-hydrogen) atoms. The molecule has 90 valence electrons. The Morgan fingerprint density at radius 1 is 1.56 bits per heavy atom. The average molecular weight is 244 g/mol. The van der Waals surface area contributed by atoms with Crippen molar-refractivity contribution in [3.05, 3.63) is 12.4 Å². The van der Waals surface area contributed by atoms with Gasteiger partial charge < -0.3 is 9.30 Å². The SMILES string of the molecule is CS(=O)(=O)c1nccn1C[C@H]1CCCCO1. The predicted octanol–water partition coefficient (Wildman–Crippen LogP) is 0.856. The van der Waals surface area contributed by atoms with E-state index in [0.29, 0.717) is 6.54 Å². The lowest BCUT2D eigenvalue weighted by atomic mass is 10.1. The van der Waals surface area contributed by atoms with Crippen molar-refractivity contribution in [1.29, 1.82) is 0 Å². The van der Waals surface area contributed by atoms with E-state index in [1.807, 2.05) is 0 Å². The van der Waals surface area contributed by atoms with Crippen molar-refractivity contribution in [2.45, 2.75) is 37.1 Å². The van der Waals surface area contributed by atoms with Crippen molar-refractivity contribution in [3.8, 4) is 0 Å². The highest BCUT2D eigenvalue weighted by Gasteiger charge is 2.19. The van der Waals surface area contributed by atoms with Crippen molar-refractivity contribution >= 4 is 9.84 Å². The van der Waals surface area contributed by atoms with Gasteiger partial charge in [0.25, 0.3) is 0 Å². The monoisotopic (exact) mass is 244 g/mol. The molecule has 1 saturated heterocycles. The Balaban J connectivity index is 2.12. The van der Waals surface area contributed by atoms with Crippen LogP contribution in [0.1, 0.15) is 19.3 Å². The zero-order chi connectivity index (χ0) is 11.6. The first kappa shape index (κ1) is 11.6. The number of hydrogen-bond acceptors (Lipinski definition) is 4. The number of rotatable bonds is 3. The molecule has 0 radical (unpaired) electrons. The largest absolute Gasteiger partial charge is 0.376 e. The maximum absolute atomic E-state index is 11.4. The summed E-state index contributed by atoms with van der Waals surface area (Å²) in [6.45, 7) is 1.34. The Hall–Kier alpha value is -0.880. The van der Waals surface area contributed by atoms with E-state index in [1.165, 1.54) is 12.5 Å². The van der Waals surface area contributed by atoms with Crippen LogP contribution in [0.15, 0.2) is 17.6 Å². The molecule has 0 bridgehead atoms. The Labute approximate surface area is 95.4 Å². The Morgan fingerprint density at radius 2 is 2.38 bits per heavy atom. The summed E-state index contributed by atoms with van der Waals surface area (Å²) in [5.41, 5.74) is 0. The summed E-state index contributed by atoms with van der Waals surface area (Å²) in [4.78, 5) is 3.87. The van der Waals surface area contributed by atoms with Gasteiger partial charge >= 0.3 is 0 Å². The van der Waals surface area contributed by atoms with E-state index in [2.05, 4.69) is 4.98 Å². The smallest absolute Gasteiger partial charge is 0.227 e. The van der Waals surface area contributed by atoms with E-state index >= 15 is 0 Å². The molecule has 2 rings (SSSR count). The number of nitrogens with zero attached hydrogens (tertiary/aromatic N) is 2. The zero-order valence-corrected chi connectivity index (χ0v) is 10.1. The van der Waals surface area contributed by atoms with Crippen LogP contribution in [-0.2, 0) is 21.1 Å². The molecule has 2 heterocycles. The number of sulfone groups is 1. The highest BCUT2D eigenvalue weighted by atomic mass is 32.2. The normalized spacial score (nSPS) is 22.2. The predicted molar refractivity (Wildman–Crippen MR) is 58.9 cm³/mol. The lowest BCUT2D eigenvalue weighted by molar-refractivity contribution is 0.00458. The fourth-order valence-electron chi connectivity index (χ4n) is 1.93. The van der Waals surface area contributed by atoms with Gasteiger partial charge in [-0.3, -0.25) is 0 Å². The second kappa shape index (κ2) is 4.55. The number of ether oxygens (including phenoxy) is 1. The van der Waals surface area contributed by atoms with E-state index in [4.69, 9.17) is 4.74 Å². The van der Waals surface area contributed by atoms with Crippen molar-refractivity contribution in [1.82, 2.24) is 9.55 Å². The quantitative estimate of drug-likeness (QED) is 0.791. The van der Waals surface area contributed by atoms with E-state index in [1.54, 1.807) is 10.8 Å². The van der Waals surface area contributed by atoms with Gasteiger partial charge in [-0.25, -0.2) is 13.4 Å². The van der Waals surface area contributed by atoms with Crippen LogP contribution < -0.4 is 0 Å². The minimum absolute atomic E-state index is 0.114. The molecule has 1 atom stereocenters. The van der Waals surface area contributed by atoms with Crippen molar-refractivity contribution < 1.29 is 13.2 Å². The Morgan fingerprint density at radius 3 is 3.00 bits per heavy atom. The van der Waals surface area contributed by atoms with Gasteiger partial charge in [0.1, 0.15) is 0 Å². The van der Waals surface area contributed by atoms with Gasteiger partial charge in [-0.1, -0.05) is 0 Å². The molecule has 0 amide bonds. The van der Waals surface area contributed by atoms with Crippen LogP contribution in [0.25, 0.3) is 0 Å². The molecule has 0 spiro atoms. The molecule has 0 aliphatic carbocycles. The molecule has 0 N–H and O–H groups in total. The van der Waals surface area contributed by atoms with Gasteiger partial charge in [0.2, 0.25) is 15.0 Å². The number of imidazole rings is 1. The molecule has 1 aromatic rings. The third-order valence-corrected chi connectivity index (χ3v) is 3.69. The first-order valence-corrected chi connectivity index (χ1v) is 7.29. The van der Waals surface area contributed by atoms with Crippen LogP contribution in [0.2, 0.25) is 0 Å². The van der Waals surface area contributed by atoms with Gasteiger partial charge in [-0.05, 0) is 19.3 Å². The highest BCUT2D eigenvalue weighted by Crippen LogP contribution is 2.16. The molecule has 6 heteroatoms. The summed E-state index contributed by atoms with van der Waals surface area (Å²) < 4.78 is 30.1. The van der Waals surface area contributed by atoms with Crippen molar-refractivity contribution in [3.63, 3.8) is 0 Å². The van der Waals surface area contributed by atoms with E-state index in [0.717, 1.165) is 25.9 Å². The third kappa shape index (κ3) is 2.62. The standard InChI is InChI=1S/C10H16N2O3S/c1-16(13,14)10-11-5-6-12(10)8-9-4-2-3-7-15-9/h5-6,9H,2-4,7-8H2,1H3/t9-/m1/s1. The zero-order valence-electron chi connectivity index (χ0n) is 9.30. The van der Waals surface area contributed by atoms with Crippen molar-refractivity contribution in [2.75, 3.05) is 12.9 Å². The minimum atomic E-state index is -3.24. The van der Waals surface area contributed by atoms with E-state index in [-0.39, 0.29) is 11.3 Å². The summed E-state index contributed by atoms with van der Waals surface area (Å²) in [5.74, 6) is 0. The Kier molecular flexibility index (Phi) is 3.30. The van der Waals surface area contributed by atoms with Crippen LogP contribution in [0.3, 0.4) is 0 Å². The summed E-state index contributed by atoms with van der Waals surface area (Å²) >= 11 is 0. The van der Waals surface area contributed by atoms with E-state index < -0.39 is 9.84 Å². The highest BCUT2D eigenvalue weighted by molar-refractivity contribution is 7.90. The van der Waals surface area contributed by atoms with Gasteiger partial charge in [0.15, 0.2) is 0 Å². The topological polar surface area (TPSA) is 61.2 Å². The fraction of sp³-hybridized carbons (Fsp3) is 0.700. The van der Waals surface area contributed by atoms with Crippen molar-refractivity contribution in [2.24, 2.45) is 0 Å². The molecule has 0 unspecified atom stereocenters. The van der Waals surface area contributed by atoms with Crippen LogP contribution in [0, 0.1) is 0 Å². The molecule has 1 aliphatic heterocycles. The van der Waals surface area contributed by atoms with Crippen LogP contribution in [0.4, 0.5) is 0 Å². The number of aromatic nitrogens is 2. The average Bonchev–Trinajstić information content (AvgIpc) is 2.67. The lowest BCUT2D eigenvalue weighted by Crippen LogP contribution is -2.25. The first-order valence-electron chi connectivity index (χ1n) is 5.40. The fourth-order valence-corrected chi connectivity index (χ4v) is 2.75. The molecule has 0 aromatic carbocycles. The van der Waals surface area contributed by atoms with Crippen LogP contribution >= 0.6 is 0 Å². The van der Waals surface area contributed by atoms with Gasteiger partial charge in [0, 0.05) is 25.3 Å². The van der Waals surface area contributed by atoms with Crippen LogP contribution in [-0.4, -0.2) is 36.9 Å². The molecule has 0 saturated carbocycles. The second-order valence-corrected chi connectivity index (χ2v) is 6.03. The molecule has 1 aromatic heterocycles. The maximum atomic E-state index is 11.4. The van der Waals surface area contributed by atoms with Gasteiger partial charge in [-0.2, -0.15) is 0 Å². The molecule has 5 nitrogen and oxygen atoms in total. The third-order valence-electron chi connectivity index (χ3n) is 2.68. The molecule has 1 fully saturated rings. The molecular formula is C10H16N2O3S. The lowest BCUT2D eigenvalue weighted by Gasteiger charge is -2.23. The molecular weight excluding hydrogens is 228 g/mol. The van der Waals surface area contributed by atoms with Gasteiger partial charge in [-0.15, -0.1) is 0 Å². The summed E-state index contributed by atoms with van der Waals surface area (Å²) in [6.07, 6.45) is 7.72. The minimum Gasteiger partial charge on any atom is -0.376 e.